The van der Waals surface area contributed by atoms with Gasteiger partial charge in [-0.3, -0.25) is 4.79 Å². The lowest BCUT2D eigenvalue weighted by Crippen LogP contribution is -1.99. The Morgan fingerprint density at radius 3 is 2.22 bits per heavy atom. The van der Waals surface area contributed by atoms with E-state index in [1.165, 1.54) is 6.92 Å². The van der Waals surface area contributed by atoms with Gasteiger partial charge in [0.1, 0.15) is 0 Å². The minimum atomic E-state index is 0.0181. The molecule has 0 bridgehead atoms. The summed E-state index contributed by atoms with van der Waals surface area (Å²) >= 11 is 0. The van der Waals surface area contributed by atoms with Crippen LogP contribution < -0.4 is 0 Å². The van der Waals surface area contributed by atoms with Gasteiger partial charge in [0.05, 0.1) is 0 Å². The minimum Gasteiger partial charge on any atom is -0.294 e. The second-order valence-corrected chi connectivity index (χ2v) is 2.91. The third-order valence-electron chi connectivity index (χ3n) is 1.89. The van der Waals surface area contributed by atoms with E-state index in [2.05, 4.69) is 10.1 Å². The molecule has 98 valence electrons. The second kappa shape index (κ2) is 9.10. The van der Waals surface area contributed by atoms with Gasteiger partial charge < -0.3 is 0 Å². The van der Waals surface area contributed by atoms with Crippen LogP contribution in [0.4, 0.5) is 0 Å². The zero-order chi connectivity index (χ0) is 14.0. The Morgan fingerprint density at radius 2 is 1.83 bits per heavy atom. The van der Waals surface area contributed by atoms with Crippen LogP contribution in [0.5, 0.6) is 0 Å². The number of aromatic nitrogens is 3. The third kappa shape index (κ3) is 4.49. The highest BCUT2D eigenvalue weighted by Gasteiger charge is 2.00. The predicted octanol–water partition coefficient (Wildman–Crippen LogP) is 3.52. The van der Waals surface area contributed by atoms with E-state index in [1.807, 2.05) is 33.8 Å². The molecule has 0 aliphatic heterocycles. The highest BCUT2D eigenvalue weighted by Crippen LogP contribution is 2.04. The molecule has 0 amide bonds. The first-order valence-electron chi connectivity index (χ1n) is 6.24. The molecule has 0 fully saturated rings. The SMILES string of the molecule is CC.CC.CC(=O)c1ccc(-n2cccn2)nc1. The summed E-state index contributed by atoms with van der Waals surface area (Å²) in [6.45, 7) is 9.52. The quantitative estimate of drug-likeness (QED) is 0.763. The van der Waals surface area contributed by atoms with Gasteiger partial charge in [0, 0.05) is 24.2 Å². The largest absolute Gasteiger partial charge is 0.294 e. The smallest absolute Gasteiger partial charge is 0.161 e. The van der Waals surface area contributed by atoms with Gasteiger partial charge in [0.15, 0.2) is 11.6 Å². The molecule has 0 aliphatic carbocycles. The van der Waals surface area contributed by atoms with E-state index in [-0.39, 0.29) is 5.78 Å². The number of hydrogen-bond donors (Lipinski definition) is 0. The molecule has 0 unspecified atom stereocenters. The lowest BCUT2D eigenvalue weighted by atomic mass is 10.2. The molecular formula is C14H21N3O. The first-order chi connectivity index (χ1) is 8.77. The number of hydrogen-bond acceptors (Lipinski definition) is 3. The number of Topliss-reactive ketones (excluding diaryl/α,β-unsaturated/α-hetero) is 1. The molecule has 2 rings (SSSR count). The van der Waals surface area contributed by atoms with Crippen LogP contribution in [0.2, 0.25) is 0 Å². The van der Waals surface area contributed by atoms with Gasteiger partial charge in [0.25, 0.3) is 0 Å². The van der Waals surface area contributed by atoms with Crippen molar-refractivity contribution >= 4 is 5.78 Å². The average Bonchev–Trinajstić information content (AvgIpc) is 2.97. The molecule has 0 aromatic carbocycles. The van der Waals surface area contributed by atoms with Crippen LogP contribution in [0, 0.1) is 0 Å². The summed E-state index contributed by atoms with van der Waals surface area (Å²) in [6, 6.07) is 5.33. The maximum atomic E-state index is 11.0. The lowest BCUT2D eigenvalue weighted by Gasteiger charge is -2.00. The van der Waals surface area contributed by atoms with Crippen LogP contribution in [-0.2, 0) is 0 Å². The molecule has 4 heteroatoms. The van der Waals surface area contributed by atoms with Gasteiger partial charge in [-0.25, -0.2) is 9.67 Å². The maximum absolute atomic E-state index is 11.0. The Morgan fingerprint density at radius 1 is 1.17 bits per heavy atom. The van der Waals surface area contributed by atoms with Crippen LogP contribution >= 0.6 is 0 Å². The van der Waals surface area contributed by atoms with Crippen molar-refractivity contribution in [2.24, 2.45) is 0 Å². The molecule has 4 nitrogen and oxygen atoms in total. The van der Waals surface area contributed by atoms with E-state index in [0.717, 1.165) is 0 Å². The van der Waals surface area contributed by atoms with Crippen LogP contribution in [0.25, 0.3) is 5.82 Å². The average molecular weight is 247 g/mol. The molecule has 0 radical (unpaired) electrons. The van der Waals surface area contributed by atoms with Crippen molar-refractivity contribution in [3.8, 4) is 5.82 Å². The molecule has 0 spiro atoms. The topological polar surface area (TPSA) is 47.8 Å². The molecule has 0 N–H and O–H groups in total. The van der Waals surface area contributed by atoms with Gasteiger partial charge in [0.2, 0.25) is 0 Å². The van der Waals surface area contributed by atoms with Crippen molar-refractivity contribution < 1.29 is 4.79 Å². The van der Waals surface area contributed by atoms with Crippen LogP contribution in [0.3, 0.4) is 0 Å². The lowest BCUT2D eigenvalue weighted by molar-refractivity contribution is 0.101. The van der Waals surface area contributed by atoms with Crippen molar-refractivity contribution in [1.82, 2.24) is 14.8 Å². The number of rotatable bonds is 2. The minimum absolute atomic E-state index is 0.0181. The van der Waals surface area contributed by atoms with Gasteiger partial charge in [-0.15, -0.1) is 0 Å². The van der Waals surface area contributed by atoms with Gasteiger partial charge in [-0.05, 0) is 25.1 Å². The van der Waals surface area contributed by atoms with E-state index in [0.29, 0.717) is 11.4 Å². The van der Waals surface area contributed by atoms with Gasteiger partial charge in [-0.2, -0.15) is 5.10 Å². The zero-order valence-corrected chi connectivity index (χ0v) is 11.7. The maximum Gasteiger partial charge on any atom is 0.161 e. The third-order valence-corrected chi connectivity index (χ3v) is 1.89. The second-order valence-electron chi connectivity index (χ2n) is 2.91. The predicted molar refractivity (Wildman–Crippen MR) is 74.1 cm³/mol. The van der Waals surface area contributed by atoms with Crippen molar-refractivity contribution in [3.63, 3.8) is 0 Å². The molecular weight excluding hydrogens is 226 g/mol. The molecule has 2 heterocycles. The van der Waals surface area contributed by atoms with Crippen molar-refractivity contribution in [1.29, 1.82) is 0 Å². The fourth-order valence-electron chi connectivity index (χ4n) is 1.13. The molecule has 2 aromatic heterocycles. The number of ketones is 1. The molecule has 2 aromatic rings. The summed E-state index contributed by atoms with van der Waals surface area (Å²) in [4.78, 5) is 15.1. The first-order valence-corrected chi connectivity index (χ1v) is 6.24. The van der Waals surface area contributed by atoms with Crippen LogP contribution in [-0.4, -0.2) is 20.5 Å². The Balaban J connectivity index is 0.000000659. The van der Waals surface area contributed by atoms with E-state index >= 15 is 0 Å². The van der Waals surface area contributed by atoms with Crippen molar-refractivity contribution in [2.45, 2.75) is 34.6 Å². The first kappa shape index (κ1) is 16.0. The van der Waals surface area contributed by atoms with E-state index < -0.39 is 0 Å². The van der Waals surface area contributed by atoms with Crippen molar-refractivity contribution in [3.05, 3.63) is 42.4 Å². The van der Waals surface area contributed by atoms with Crippen molar-refractivity contribution in [2.75, 3.05) is 0 Å². The number of pyridine rings is 1. The molecule has 0 atom stereocenters. The standard InChI is InChI=1S/C10H9N3O.2C2H6/c1-8(14)9-3-4-10(11-7-9)13-6-2-5-12-13;2*1-2/h2-7H,1H3;2*1-2H3. The molecule has 0 saturated heterocycles. The normalized spacial score (nSPS) is 8.50. The number of carbonyl (C=O) groups excluding carboxylic acids is 1. The van der Waals surface area contributed by atoms with Gasteiger partial charge in [-0.1, -0.05) is 27.7 Å². The highest BCUT2D eigenvalue weighted by molar-refractivity contribution is 5.93. The molecule has 0 aliphatic rings. The summed E-state index contributed by atoms with van der Waals surface area (Å²) in [5.74, 6) is 0.726. The Bertz CT molecular complexity index is 433. The molecule has 18 heavy (non-hydrogen) atoms. The van der Waals surface area contributed by atoms with E-state index in [4.69, 9.17) is 0 Å². The van der Waals surface area contributed by atoms with Gasteiger partial charge >= 0.3 is 0 Å². The Hall–Kier alpha value is -1.97. The summed E-state index contributed by atoms with van der Waals surface area (Å²) in [5.41, 5.74) is 0.612. The molecule has 0 saturated carbocycles. The van der Waals surface area contributed by atoms with E-state index in [9.17, 15) is 4.79 Å². The number of carbonyl (C=O) groups is 1. The summed E-state index contributed by atoms with van der Waals surface area (Å²) in [6.07, 6.45) is 5.04. The summed E-state index contributed by atoms with van der Waals surface area (Å²) < 4.78 is 1.64. The monoisotopic (exact) mass is 247 g/mol. The Labute approximate surface area is 109 Å². The summed E-state index contributed by atoms with van der Waals surface area (Å²) in [7, 11) is 0. The van der Waals surface area contributed by atoms with E-state index in [1.54, 1.807) is 35.4 Å². The fraction of sp³-hybridized carbons (Fsp3) is 0.357. The van der Waals surface area contributed by atoms with Crippen LogP contribution in [0.1, 0.15) is 45.0 Å². The summed E-state index contributed by atoms with van der Waals surface area (Å²) in [5, 5.41) is 4.03. The van der Waals surface area contributed by atoms with Crippen LogP contribution in [0.15, 0.2) is 36.8 Å². The fourth-order valence-corrected chi connectivity index (χ4v) is 1.13. The highest BCUT2D eigenvalue weighted by atomic mass is 16.1. The Kier molecular flexibility index (Phi) is 8.10. The zero-order valence-electron chi connectivity index (χ0n) is 11.7. The number of nitrogens with zero attached hydrogens (tertiary/aromatic N) is 3.